The van der Waals surface area contributed by atoms with Gasteiger partial charge < -0.3 is 10.6 Å². The smallest absolute Gasteiger partial charge is 0.271 e. The van der Waals surface area contributed by atoms with E-state index in [4.69, 9.17) is 11.6 Å². The second-order valence-electron chi connectivity index (χ2n) is 5.11. The molecule has 0 fully saturated rings. The summed E-state index contributed by atoms with van der Waals surface area (Å²) >= 11 is 6.25. The van der Waals surface area contributed by atoms with Gasteiger partial charge in [0.1, 0.15) is 11.5 Å². The number of aromatic nitrogens is 2. The van der Waals surface area contributed by atoms with Gasteiger partial charge in [-0.2, -0.15) is 0 Å². The Hall–Kier alpha value is -2.14. The molecule has 0 radical (unpaired) electrons. The minimum absolute atomic E-state index is 0.217. The Labute approximate surface area is 135 Å². The van der Waals surface area contributed by atoms with Gasteiger partial charge in [0.25, 0.3) is 5.91 Å². The van der Waals surface area contributed by atoms with E-state index in [1.165, 1.54) is 12.4 Å². The zero-order chi connectivity index (χ0) is 16.1. The third kappa shape index (κ3) is 3.95. The van der Waals surface area contributed by atoms with Crippen molar-refractivity contribution in [2.45, 2.75) is 27.2 Å². The molecule has 0 spiro atoms. The summed E-state index contributed by atoms with van der Waals surface area (Å²) in [5.74, 6) is 0.325. The molecular weight excluding hydrogens is 300 g/mol. The number of nitrogens with one attached hydrogen (secondary N) is 2. The molecule has 0 saturated heterocycles. The highest BCUT2D eigenvalue weighted by molar-refractivity contribution is 6.33. The van der Waals surface area contributed by atoms with E-state index in [2.05, 4.69) is 20.6 Å². The third-order valence-electron chi connectivity index (χ3n) is 3.10. The molecule has 0 bridgehead atoms. The average molecular weight is 319 g/mol. The molecule has 0 unspecified atom stereocenters. The molecule has 1 aromatic carbocycles. The first-order valence-electron chi connectivity index (χ1n) is 7.15. The van der Waals surface area contributed by atoms with Crippen LogP contribution in [0.5, 0.6) is 0 Å². The Kier molecular flexibility index (Phi) is 5.33. The van der Waals surface area contributed by atoms with E-state index in [9.17, 15) is 4.79 Å². The Balaban J connectivity index is 2.13. The van der Waals surface area contributed by atoms with Crippen molar-refractivity contribution in [3.05, 3.63) is 46.4 Å². The summed E-state index contributed by atoms with van der Waals surface area (Å²) in [4.78, 5) is 20.1. The predicted molar refractivity (Wildman–Crippen MR) is 88.9 cm³/mol. The molecular formula is C16H19ClN4O. The SMILES string of the molecule is CCCNC(=O)c1cnc(Nc2c(C)cc(C)cc2Cl)cn1. The van der Waals surface area contributed by atoms with Crippen molar-refractivity contribution in [1.82, 2.24) is 15.3 Å². The number of amides is 1. The lowest BCUT2D eigenvalue weighted by atomic mass is 10.1. The Bertz CT molecular complexity index is 647. The lowest BCUT2D eigenvalue weighted by Gasteiger charge is -2.12. The van der Waals surface area contributed by atoms with Crippen molar-refractivity contribution in [3.8, 4) is 0 Å². The molecule has 5 nitrogen and oxygen atoms in total. The van der Waals surface area contributed by atoms with Gasteiger partial charge in [0.15, 0.2) is 0 Å². The Morgan fingerprint density at radius 2 is 2.00 bits per heavy atom. The largest absolute Gasteiger partial charge is 0.351 e. The van der Waals surface area contributed by atoms with Crippen LogP contribution in [0.2, 0.25) is 5.02 Å². The second kappa shape index (κ2) is 7.22. The molecule has 1 aromatic heterocycles. The summed E-state index contributed by atoms with van der Waals surface area (Å²) in [6.45, 7) is 6.58. The van der Waals surface area contributed by atoms with Gasteiger partial charge in [-0.1, -0.05) is 24.6 Å². The summed E-state index contributed by atoms with van der Waals surface area (Å²) in [5.41, 5.74) is 3.22. The molecule has 0 aliphatic rings. The summed E-state index contributed by atoms with van der Waals surface area (Å²) in [5, 5.41) is 6.53. The predicted octanol–water partition coefficient (Wildman–Crippen LogP) is 3.63. The number of hydrogen-bond acceptors (Lipinski definition) is 4. The summed E-state index contributed by atoms with van der Waals surface area (Å²) < 4.78 is 0. The van der Waals surface area contributed by atoms with Crippen LogP contribution in [0.3, 0.4) is 0 Å². The molecule has 1 heterocycles. The number of nitrogens with zero attached hydrogens (tertiary/aromatic N) is 2. The number of benzene rings is 1. The van der Waals surface area contributed by atoms with E-state index in [-0.39, 0.29) is 5.91 Å². The van der Waals surface area contributed by atoms with Gasteiger partial charge in [0.2, 0.25) is 0 Å². The molecule has 0 atom stereocenters. The average Bonchev–Trinajstić information content (AvgIpc) is 2.49. The molecule has 2 N–H and O–H groups in total. The van der Waals surface area contributed by atoms with Crippen LogP contribution in [0.15, 0.2) is 24.5 Å². The lowest BCUT2D eigenvalue weighted by molar-refractivity contribution is 0.0948. The van der Waals surface area contributed by atoms with Gasteiger partial charge >= 0.3 is 0 Å². The maximum Gasteiger partial charge on any atom is 0.271 e. The lowest BCUT2D eigenvalue weighted by Crippen LogP contribution is -2.25. The zero-order valence-corrected chi connectivity index (χ0v) is 13.7. The summed E-state index contributed by atoms with van der Waals surface area (Å²) in [6, 6.07) is 3.92. The molecule has 6 heteroatoms. The van der Waals surface area contributed by atoms with Gasteiger partial charge in [0.05, 0.1) is 23.1 Å². The fraction of sp³-hybridized carbons (Fsp3) is 0.312. The maximum atomic E-state index is 11.8. The van der Waals surface area contributed by atoms with Crippen LogP contribution in [0.25, 0.3) is 0 Å². The van der Waals surface area contributed by atoms with Crippen molar-refractivity contribution in [1.29, 1.82) is 0 Å². The van der Waals surface area contributed by atoms with Gasteiger partial charge in [-0.3, -0.25) is 4.79 Å². The van der Waals surface area contributed by atoms with Crippen molar-refractivity contribution in [2.24, 2.45) is 0 Å². The fourth-order valence-electron chi connectivity index (χ4n) is 2.04. The van der Waals surface area contributed by atoms with Gasteiger partial charge in [0, 0.05) is 6.54 Å². The first-order chi connectivity index (χ1) is 10.5. The van der Waals surface area contributed by atoms with Gasteiger partial charge in [-0.15, -0.1) is 0 Å². The van der Waals surface area contributed by atoms with E-state index in [0.717, 1.165) is 23.2 Å². The monoisotopic (exact) mass is 318 g/mol. The number of carbonyl (C=O) groups excluding carboxylic acids is 1. The number of rotatable bonds is 5. The molecule has 0 aliphatic heterocycles. The summed E-state index contributed by atoms with van der Waals surface area (Å²) in [6.07, 6.45) is 3.85. The van der Waals surface area contributed by atoms with Crippen LogP contribution in [0, 0.1) is 13.8 Å². The molecule has 22 heavy (non-hydrogen) atoms. The van der Waals surface area contributed by atoms with Crippen molar-refractivity contribution >= 4 is 29.0 Å². The highest BCUT2D eigenvalue weighted by atomic mass is 35.5. The number of carbonyl (C=O) groups is 1. The maximum absolute atomic E-state index is 11.8. The number of anilines is 2. The highest BCUT2D eigenvalue weighted by Gasteiger charge is 2.09. The standard InChI is InChI=1S/C16H19ClN4O/c1-4-5-18-16(22)13-8-20-14(9-19-13)21-15-11(3)6-10(2)7-12(15)17/h6-9H,4-5H2,1-3H3,(H,18,22)(H,20,21). The second-order valence-corrected chi connectivity index (χ2v) is 5.51. The van der Waals surface area contributed by atoms with E-state index >= 15 is 0 Å². The number of halogens is 1. The minimum Gasteiger partial charge on any atom is -0.351 e. The molecule has 116 valence electrons. The van der Waals surface area contributed by atoms with E-state index in [0.29, 0.717) is 23.1 Å². The molecule has 0 aliphatic carbocycles. The van der Waals surface area contributed by atoms with Crippen molar-refractivity contribution < 1.29 is 4.79 Å². The quantitative estimate of drug-likeness (QED) is 0.883. The van der Waals surface area contributed by atoms with E-state index < -0.39 is 0 Å². The van der Waals surface area contributed by atoms with Crippen LogP contribution in [-0.2, 0) is 0 Å². The van der Waals surface area contributed by atoms with E-state index in [1.807, 2.05) is 32.9 Å². The van der Waals surface area contributed by atoms with Crippen molar-refractivity contribution in [3.63, 3.8) is 0 Å². The number of hydrogen-bond donors (Lipinski definition) is 2. The van der Waals surface area contributed by atoms with Crippen LogP contribution in [0.4, 0.5) is 11.5 Å². The van der Waals surface area contributed by atoms with Crippen molar-refractivity contribution in [2.75, 3.05) is 11.9 Å². The summed E-state index contributed by atoms with van der Waals surface area (Å²) in [7, 11) is 0. The van der Waals surface area contributed by atoms with Crippen LogP contribution in [0.1, 0.15) is 35.0 Å². The third-order valence-corrected chi connectivity index (χ3v) is 3.40. The van der Waals surface area contributed by atoms with E-state index in [1.54, 1.807) is 0 Å². The molecule has 1 amide bonds. The molecule has 2 aromatic rings. The fourth-order valence-corrected chi connectivity index (χ4v) is 2.41. The molecule has 2 rings (SSSR count). The Morgan fingerprint density at radius 3 is 2.59 bits per heavy atom. The first-order valence-corrected chi connectivity index (χ1v) is 7.53. The Morgan fingerprint density at radius 1 is 1.23 bits per heavy atom. The number of aryl methyl sites for hydroxylation is 2. The van der Waals surface area contributed by atoms with Crippen LogP contribution in [-0.4, -0.2) is 22.4 Å². The highest BCUT2D eigenvalue weighted by Crippen LogP contribution is 2.29. The zero-order valence-electron chi connectivity index (χ0n) is 12.9. The normalized spacial score (nSPS) is 10.4. The van der Waals surface area contributed by atoms with Gasteiger partial charge in [-0.05, 0) is 37.5 Å². The molecule has 0 saturated carbocycles. The van der Waals surface area contributed by atoms with Crippen LogP contribution >= 0.6 is 11.6 Å². The van der Waals surface area contributed by atoms with Gasteiger partial charge in [-0.25, -0.2) is 9.97 Å². The van der Waals surface area contributed by atoms with Crippen LogP contribution < -0.4 is 10.6 Å². The topological polar surface area (TPSA) is 66.9 Å². The first kappa shape index (κ1) is 16.2. The minimum atomic E-state index is -0.217.